The van der Waals surface area contributed by atoms with E-state index in [-0.39, 0.29) is 11.3 Å². The molecule has 24 heavy (non-hydrogen) atoms. The van der Waals surface area contributed by atoms with Crippen LogP contribution < -0.4 is 10.9 Å². The van der Waals surface area contributed by atoms with E-state index in [1.54, 1.807) is 12.1 Å². The minimum atomic E-state index is -0.434. The van der Waals surface area contributed by atoms with Gasteiger partial charge in [0.2, 0.25) is 0 Å². The fraction of sp³-hybridized carbons (Fsp3) is 0. The molecule has 0 saturated carbocycles. The van der Waals surface area contributed by atoms with Crippen LogP contribution in [0.15, 0.2) is 71.7 Å². The molecule has 0 aromatic heterocycles. The highest BCUT2D eigenvalue weighted by molar-refractivity contribution is 9.10. The van der Waals surface area contributed by atoms with Crippen LogP contribution in [-0.4, -0.2) is 11.0 Å². The molecule has 3 rings (SSSR count). The van der Waals surface area contributed by atoms with E-state index in [9.17, 15) is 9.90 Å². The van der Waals surface area contributed by atoms with Crippen molar-refractivity contribution in [1.82, 2.24) is 10.9 Å². The number of hydrazine groups is 1. The Hall–Kier alpha value is -2.79. The topological polar surface area (TPSA) is 61.4 Å². The van der Waals surface area contributed by atoms with E-state index < -0.39 is 5.91 Å². The summed E-state index contributed by atoms with van der Waals surface area (Å²) in [6.45, 7) is 3.89. The summed E-state index contributed by atoms with van der Waals surface area (Å²) in [6.07, 6.45) is 0. The third kappa shape index (κ3) is 3.41. The van der Waals surface area contributed by atoms with E-state index in [0.717, 1.165) is 20.8 Å². The first kappa shape index (κ1) is 16.1. The monoisotopic (exact) mass is 382 g/mol. The maximum Gasteiger partial charge on any atom is 0.273 e. The summed E-state index contributed by atoms with van der Waals surface area (Å²) in [5.41, 5.74) is 6.93. The third-order valence-electron chi connectivity index (χ3n) is 3.63. The van der Waals surface area contributed by atoms with Crippen molar-refractivity contribution in [3.63, 3.8) is 0 Å². The highest BCUT2D eigenvalue weighted by atomic mass is 79.9. The van der Waals surface area contributed by atoms with Crippen molar-refractivity contribution in [2.45, 2.75) is 0 Å². The summed E-state index contributed by atoms with van der Waals surface area (Å²) in [5, 5.41) is 11.8. The molecule has 0 saturated heterocycles. The Morgan fingerprint density at radius 2 is 1.58 bits per heavy atom. The van der Waals surface area contributed by atoms with Crippen LogP contribution in [0.25, 0.3) is 16.5 Å². The molecule has 0 aliphatic carbocycles. The van der Waals surface area contributed by atoms with Crippen molar-refractivity contribution in [1.29, 1.82) is 0 Å². The van der Waals surface area contributed by atoms with Crippen molar-refractivity contribution in [3.8, 4) is 5.75 Å². The molecule has 0 aliphatic heterocycles. The molecule has 120 valence electrons. The normalized spacial score (nSPS) is 10.4. The molecule has 0 unspecified atom stereocenters. The number of amides is 1. The smallest absolute Gasteiger partial charge is 0.273 e. The number of fused-ring (bicyclic) bond motifs is 1. The third-order valence-corrected chi connectivity index (χ3v) is 4.16. The molecule has 3 aromatic carbocycles. The second kappa shape index (κ2) is 6.76. The number of aromatic hydroxyl groups is 1. The van der Waals surface area contributed by atoms with Crippen molar-refractivity contribution >= 4 is 38.3 Å². The van der Waals surface area contributed by atoms with Gasteiger partial charge in [0.25, 0.3) is 5.91 Å². The van der Waals surface area contributed by atoms with Gasteiger partial charge in [0, 0.05) is 4.47 Å². The van der Waals surface area contributed by atoms with E-state index in [1.165, 1.54) is 0 Å². The maximum absolute atomic E-state index is 12.3. The van der Waals surface area contributed by atoms with Crippen LogP contribution in [0.4, 0.5) is 0 Å². The lowest BCUT2D eigenvalue weighted by molar-refractivity contribution is 0.0940. The van der Waals surface area contributed by atoms with Crippen LogP contribution in [0.3, 0.4) is 0 Å². The molecule has 0 aliphatic rings. The molecule has 4 nitrogen and oxygen atoms in total. The zero-order valence-corrected chi connectivity index (χ0v) is 14.3. The van der Waals surface area contributed by atoms with Crippen molar-refractivity contribution in [2.75, 3.05) is 0 Å². The van der Waals surface area contributed by atoms with Gasteiger partial charge in [-0.25, -0.2) is 0 Å². The Bertz CT molecular complexity index is 920. The number of hydrogen-bond donors (Lipinski definition) is 3. The summed E-state index contributed by atoms with van der Waals surface area (Å²) in [6, 6.07) is 18.3. The van der Waals surface area contributed by atoms with E-state index in [4.69, 9.17) is 0 Å². The van der Waals surface area contributed by atoms with Crippen molar-refractivity contribution < 1.29 is 9.90 Å². The molecule has 0 heterocycles. The number of rotatable bonds is 4. The van der Waals surface area contributed by atoms with Crippen LogP contribution >= 0.6 is 15.9 Å². The molecule has 0 fully saturated rings. The molecule has 0 atom stereocenters. The summed E-state index contributed by atoms with van der Waals surface area (Å²) >= 11 is 3.37. The minimum absolute atomic E-state index is 0.0674. The Morgan fingerprint density at radius 1 is 0.958 bits per heavy atom. The van der Waals surface area contributed by atoms with Gasteiger partial charge in [0.1, 0.15) is 5.75 Å². The van der Waals surface area contributed by atoms with Gasteiger partial charge in [-0.3, -0.25) is 15.6 Å². The van der Waals surface area contributed by atoms with Gasteiger partial charge >= 0.3 is 0 Å². The largest absolute Gasteiger partial charge is 0.507 e. The average molecular weight is 383 g/mol. The number of hydrogen-bond acceptors (Lipinski definition) is 3. The molecule has 3 aromatic rings. The summed E-state index contributed by atoms with van der Waals surface area (Å²) in [5.74, 6) is -0.501. The zero-order chi connectivity index (χ0) is 17.1. The zero-order valence-electron chi connectivity index (χ0n) is 12.7. The SMILES string of the molecule is C=C(NNC(=O)c1cc2ccccc2cc1O)c1ccc(Br)cc1. The lowest BCUT2D eigenvalue weighted by Gasteiger charge is -2.12. The Morgan fingerprint density at radius 3 is 2.25 bits per heavy atom. The Labute approximate surface area is 147 Å². The number of phenolic OH excluding ortho intramolecular Hbond substituents is 1. The lowest BCUT2D eigenvalue weighted by Crippen LogP contribution is -2.35. The van der Waals surface area contributed by atoms with Gasteiger partial charge in [-0.1, -0.05) is 58.9 Å². The summed E-state index contributed by atoms with van der Waals surface area (Å²) in [4.78, 5) is 12.3. The average Bonchev–Trinajstić information content (AvgIpc) is 2.59. The lowest BCUT2D eigenvalue weighted by atomic mass is 10.1. The standard InChI is InChI=1S/C19H15BrN2O2/c1-12(13-6-8-16(20)9-7-13)21-22-19(24)17-10-14-4-2-3-5-15(14)11-18(17)23/h2-11,21,23H,1H2,(H,22,24). The fourth-order valence-corrected chi connectivity index (χ4v) is 2.60. The van der Waals surface area contributed by atoms with Crippen molar-refractivity contribution in [3.05, 3.63) is 82.8 Å². The minimum Gasteiger partial charge on any atom is -0.507 e. The summed E-state index contributed by atoms with van der Waals surface area (Å²) in [7, 11) is 0. The quantitative estimate of drug-likeness (QED) is 0.592. The Balaban J connectivity index is 1.74. The van der Waals surface area contributed by atoms with Gasteiger partial charge in [0.05, 0.1) is 11.3 Å². The van der Waals surface area contributed by atoms with E-state index in [1.807, 2.05) is 48.5 Å². The molecule has 5 heteroatoms. The molecule has 0 bridgehead atoms. The second-order valence-electron chi connectivity index (χ2n) is 5.28. The number of benzene rings is 3. The number of carbonyl (C=O) groups is 1. The fourth-order valence-electron chi connectivity index (χ4n) is 2.33. The number of halogens is 1. The van der Waals surface area contributed by atoms with Gasteiger partial charge < -0.3 is 5.11 Å². The molecular weight excluding hydrogens is 368 g/mol. The Kier molecular flexibility index (Phi) is 4.53. The highest BCUT2D eigenvalue weighted by Crippen LogP contribution is 2.24. The summed E-state index contributed by atoms with van der Waals surface area (Å²) < 4.78 is 0.962. The molecule has 0 spiro atoms. The number of phenols is 1. The van der Waals surface area contributed by atoms with E-state index >= 15 is 0 Å². The van der Waals surface area contributed by atoms with E-state index in [0.29, 0.717) is 5.70 Å². The number of carbonyl (C=O) groups excluding carboxylic acids is 1. The maximum atomic E-state index is 12.3. The van der Waals surface area contributed by atoms with Crippen LogP contribution in [0, 0.1) is 0 Å². The first-order valence-corrected chi connectivity index (χ1v) is 8.07. The molecule has 3 N–H and O–H groups in total. The molecular formula is C19H15BrN2O2. The predicted molar refractivity (Wildman–Crippen MR) is 99.4 cm³/mol. The van der Waals surface area contributed by atoms with Crippen LogP contribution in [0.1, 0.15) is 15.9 Å². The molecule has 1 amide bonds. The van der Waals surface area contributed by atoms with Gasteiger partial charge in [-0.05, 0) is 40.6 Å². The van der Waals surface area contributed by atoms with Crippen LogP contribution in [-0.2, 0) is 0 Å². The first-order valence-electron chi connectivity index (χ1n) is 7.27. The number of nitrogens with one attached hydrogen (secondary N) is 2. The van der Waals surface area contributed by atoms with Crippen LogP contribution in [0.5, 0.6) is 5.75 Å². The highest BCUT2D eigenvalue weighted by Gasteiger charge is 2.12. The van der Waals surface area contributed by atoms with E-state index in [2.05, 4.69) is 33.4 Å². The van der Waals surface area contributed by atoms with Crippen molar-refractivity contribution in [2.24, 2.45) is 0 Å². The predicted octanol–water partition coefficient (Wildman–Crippen LogP) is 4.21. The van der Waals surface area contributed by atoms with Gasteiger partial charge in [0.15, 0.2) is 0 Å². The molecule has 0 radical (unpaired) electrons. The van der Waals surface area contributed by atoms with Gasteiger partial charge in [-0.2, -0.15) is 0 Å². The van der Waals surface area contributed by atoms with Crippen LogP contribution in [0.2, 0.25) is 0 Å². The second-order valence-corrected chi connectivity index (χ2v) is 6.20. The van der Waals surface area contributed by atoms with Gasteiger partial charge in [-0.15, -0.1) is 0 Å². The first-order chi connectivity index (χ1) is 11.5.